The highest BCUT2D eigenvalue weighted by atomic mass is 35.5. The van der Waals surface area contributed by atoms with Crippen LogP contribution in [0.3, 0.4) is 0 Å². The molecular weight excluding hydrogens is 214 g/mol. The zero-order valence-electron chi connectivity index (χ0n) is 7.22. The van der Waals surface area contributed by atoms with Crippen molar-refractivity contribution in [3.05, 3.63) is 34.3 Å². The van der Waals surface area contributed by atoms with Crippen molar-refractivity contribution < 1.29 is 18.7 Å². The fourth-order valence-corrected chi connectivity index (χ4v) is 1.25. The summed E-state index contributed by atoms with van der Waals surface area (Å²) in [6, 6.07) is 3.88. The first-order valence-corrected chi connectivity index (χ1v) is 4.12. The topological polar surface area (TPSA) is 37.3 Å². The molecule has 0 aliphatic rings. The number of hydrogen-bond donors (Lipinski definition) is 1. The Morgan fingerprint density at radius 2 is 2.07 bits per heavy atom. The number of aryl methyl sites for hydroxylation is 1. The van der Waals surface area contributed by atoms with Gasteiger partial charge < -0.3 is 5.11 Å². The van der Waals surface area contributed by atoms with Crippen LogP contribution >= 0.6 is 11.6 Å². The van der Waals surface area contributed by atoms with Gasteiger partial charge in [-0.15, -0.1) is 0 Å². The van der Waals surface area contributed by atoms with Crippen molar-refractivity contribution in [3.8, 4) is 0 Å². The van der Waals surface area contributed by atoms with Gasteiger partial charge in [0.25, 0.3) is 0 Å². The molecule has 0 unspecified atom stereocenters. The van der Waals surface area contributed by atoms with Crippen molar-refractivity contribution in [2.24, 2.45) is 0 Å². The van der Waals surface area contributed by atoms with E-state index in [4.69, 9.17) is 16.7 Å². The van der Waals surface area contributed by atoms with E-state index in [1.165, 1.54) is 19.1 Å². The van der Waals surface area contributed by atoms with Gasteiger partial charge in [-0.2, -0.15) is 8.78 Å². The maximum atomic E-state index is 13.0. The van der Waals surface area contributed by atoms with Crippen LogP contribution in [0, 0.1) is 6.92 Å². The van der Waals surface area contributed by atoms with Crippen LogP contribution in [-0.2, 0) is 10.7 Å². The fraction of sp³-hybridized carbons (Fsp3) is 0.222. The number of halogens is 3. The van der Waals surface area contributed by atoms with E-state index in [1.54, 1.807) is 0 Å². The van der Waals surface area contributed by atoms with Crippen LogP contribution in [0.25, 0.3) is 0 Å². The minimum atomic E-state index is -3.94. The Morgan fingerprint density at radius 1 is 1.50 bits per heavy atom. The van der Waals surface area contributed by atoms with Gasteiger partial charge in [0.05, 0.1) is 10.6 Å². The third kappa shape index (κ3) is 1.70. The van der Waals surface area contributed by atoms with Gasteiger partial charge in [0, 0.05) is 0 Å². The summed E-state index contributed by atoms with van der Waals surface area (Å²) in [7, 11) is 0. The van der Waals surface area contributed by atoms with E-state index in [9.17, 15) is 13.6 Å². The second-order valence-electron chi connectivity index (χ2n) is 2.82. The molecule has 0 bridgehead atoms. The van der Waals surface area contributed by atoms with E-state index in [0.717, 1.165) is 6.07 Å². The molecular formula is C9H7ClF2O2. The minimum Gasteiger partial charge on any atom is -0.477 e. The molecule has 1 N–H and O–H groups in total. The Kier molecular flexibility index (Phi) is 2.76. The molecule has 0 aliphatic heterocycles. The lowest BCUT2D eigenvalue weighted by atomic mass is 10.1. The zero-order chi connectivity index (χ0) is 10.9. The molecule has 0 radical (unpaired) electrons. The summed E-state index contributed by atoms with van der Waals surface area (Å²) in [6.07, 6.45) is 0. The summed E-state index contributed by atoms with van der Waals surface area (Å²) in [5.74, 6) is -6.15. The summed E-state index contributed by atoms with van der Waals surface area (Å²) < 4.78 is 26.1. The van der Waals surface area contributed by atoms with E-state index < -0.39 is 17.5 Å². The summed E-state index contributed by atoms with van der Waals surface area (Å²) in [5, 5.41) is 8.09. The molecule has 0 spiro atoms. The van der Waals surface area contributed by atoms with Crippen molar-refractivity contribution in [1.82, 2.24) is 0 Å². The van der Waals surface area contributed by atoms with Crippen LogP contribution < -0.4 is 0 Å². The first-order chi connectivity index (χ1) is 6.37. The van der Waals surface area contributed by atoms with Gasteiger partial charge in [0.2, 0.25) is 0 Å². The summed E-state index contributed by atoms with van der Waals surface area (Å²) >= 11 is 5.58. The van der Waals surface area contributed by atoms with Gasteiger partial charge >= 0.3 is 11.9 Å². The summed E-state index contributed by atoms with van der Waals surface area (Å²) in [4.78, 5) is 10.3. The maximum absolute atomic E-state index is 13.0. The largest absolute Gasteiger partial charge is 0.477 e. The van der Waals surface area contributed by atoms with Gasteiger partial charge in [-0.3, -0.25) is 0 Å². The molecule has 76 valence electrons. The average molecular weight is 221 g/mol. The average Bonchev–Trinajstić information content (AvgIpc) is 2.09. The molecule has 0 saturated heterocycles. The van der Waals surface area contributed by atoms with Gasteiger partial charge in [0.1, 0.15) is 0 Å². The van der Waals surface area contributed by atoms with Gasteiger partial charge in [0.15, 0.2) is 0 Å². The Morgan fingerprint density at radius 3 is 2.57 bits per heavy atom. The Bertz CT molecular complexity index is 377. The van der Waals surface area contributed by atoms with E-state index in [1.807, 2.05) is 0 Å². The second-order valence-corrected chi connectivity index (χ2v) is 3.19. The highest BCUT2D eigenvalue weighted by Gasteiger charge is 2.42. The molecule has 14 heavy (non-hydrogen) atoms. The number of aliphatic carboxylic acids is 1. The van der Waals surface area contributed by atoms with Gasteiger partial charge in [-0.1, -0.05) is 29.8 Å². The third-order valence-corrected chi connectivity index (χ3v) is 2.30. The van der Waals surface area contributed by atoms with Crippen molar-refractivity contribution in [3.63, 3.8) is 0 Å². The molecule has 1 aromatic carbocycles. The summed E-state index contributed by atoms with van der Waals surface area (Å²) in [5.41, 5.74) is -0.253. The molecule has 0 aliphatic carbocycles. The number of carboxylic acid groups (broad SMARTS) is 1. The Labute approximate surface area is 84.1 Å². The number of carbonyl (C=O) groups is 1. The normalized spacial score (nSPS) is 11.4. The lowest BCUT2D eigenvalue weighted by Gasteiger charge is -2.13. The van der Waals surface area contributed by atoms with Crippen LogP contribution in [0.15, 0.2) is 18.2 Å². The monoisotopic (exact) mass is 220 g/mol. The molecule has 0 fully saturated rings. The number of rotatable bonds is 2. The van der Waals surface area contributed by atoms with Crippen LogP contribution in [0.4, 0.5) is 8.78 Å². The predicted octanol–water partition coefficient (Wildman–Crippen LogP) is 2.82. The molecule has 0 atom stereocenters. The first kappa shape index (κ1) is 10.9. The molecule has 0 saturated carbocycles. The van der Waals surface area contributed by atoms with Crippen LogP contribution in [-0.4, -0.2) is 11.1 Å². The Hall–Kier alpha value is -1.16. The number of benzene rings is 1. The maximum Gasteiger partial charge on any atom is 0.379 e. The summed E-state index contributed by atoms with van der Waals surface area (Å²) in [6.45, 7) is 1.53. The highest BCUT2D eigenvalue weighted by Crippen LogP contribution is 2.34. The van der Waals surface area contributed by atoms with E-state index in [0.29, 0.717) is 5.56 Å². The first-order valence-electron chi connectivity index (χ1n) is 3.74. The smallest absolute Gasteiger partial charge is 0.379 e. The van der Waals surface area contributed by atoms with Gasteiger partial charge in [-0.25, -0.2) is 4.79 Å². The lowest BCUT2D eigenvalue weighted by molar-refractivity contribution is -0.166. The van der Waals surface area contributed by atoms with E-state index in [2.05, 4.69) is 0 Å². The van der Waals surface area contributed by atoms with Crippen molar-refractivity contribution in [2.75, 3.05) is 0 Å². The molecule has 1 aromatic rings. The lowest BCUT2D eigenvalue weighted by Crippen LogP contribution is -2.25. The predicted molar refractivity (Wildman–Crippen MR) is 47.7 cm³/mol. The number of alkyl halides is 2. The molecule has 1 rings (SSSR count). The van der Waals surface area contributed by atoms with Gasteiger partial charge in [-0.05, 0) is 12.5 Å². The van der Waals surface area contributed by atoms with Crippen molar-refractivity contribution in [1.29, 1.82) is 0 Å². The van der Waals surface area contributed by atoms with Crippen LogP contribution in [0.1, 0.15) is 11.1 Å². The third-order valence-electron chi connectivity index (χ3n) is 1.80. The second kappa shape index (κ2) is 3.53. The Balaban J connectivity index is 3.33. The fourth-order valence-electron chi connectivity index (χ4n) is 1.01. The molecule has 0 amide bonds. The molecule has 2 nitrogen and oxygen atoms in total. The zero-order valence-corrected chi connectivity index (χ0v) is 7.98. The highest BCUT2D eigenvalue weighted by molar-refractivity contribution is 6.32. The minimum absolute atomic E-state index is 0.208. The molecule has 0 heterocycles. The van der Waals surface area contributed by atoms with Crippen molar-refractivity contribution >= 4 is 17.6 Å². The molecule has 5 heteroatoms. The van der Waals surface area contributed by atoms with Crippen molar-refractivity contribution in [2.45, 2.75) is 12.8 Å². The number of carboxylic acids is 1. The standard InChI is InChI=1S/C9H7ClF2O2/c1-5-3-2-4-6(7(5)10)9(11,12)8(13)14/h2-4H,1H3,(H,13,14). The van der Waals surface area contributed by atoms with E-state index >= 15 is 0 Å². The van der Waals surface area contributed by atoms with Crippen LogP contribution in [0.5, 0.6) is 0 Å². The molecule has 0 aromatic heterocycles. The quantitative estimate of drug-likeness (QED) is 0.832. The van der Waals surface area contributed by atoms with Crippen LogP contribution in [0.2, 0.25) is 5.02 Å². The SMILES string of the molecule is Cc1cccc(C(F)(F)C(=O)O)c1Cl. The van der Waals surface area contributed by atoms with E-state index in [-0.39, 0.29) is 5.02 Å². The number of hydrogen-bond acceptors (Lipinski definition) is 1.